The molecule has 1 heterocycles. The van der Waals surface area contributed by atoms with Crippen LogP contribution in [-0.4, -0.2) is 53.5 Å². The monoisotopic (exact) mass is 272 g/mol. The number of carbonyl (C=O) groups excluding carboxylic acids is 1. The summed E-state index contributed by atoms with van der Waals surface area (Å²) in [7, 11) is 0. The minimum atomic E-state index is -0.443. The number of likely N-dealkylation sites (tertiary alicyclic amines) is 1. The summed E-state index contributed by atoms with van der Waals surface area (Å²) in [5, 5.41) is 12.2. The van der Waals surface area contributed by atoms with Crippen LogP contribution >= 0.6 is 0 Å². The molecule has 0 aromatic rings. The predicted molar refractivity (Wildman–Crippen MR) is 75.1 cm³/mol. The SMILES string of the molecule is CC(CCO)NCC1CCCN1C(=O)OC(C)(C)C. The first-order valence-corrected chi connectivity index (χ1v) is 7.17. The molecule has 2 unspecified atom stereocenters. The molecule has 19 heavy (non-hydrogen) atoms. The molecule has 5 nitrogen and oxygen atoms in total. The first kappa shape index (κ1) is 16.2. The fraction of sp³-hybridized carbons (Fsp3) is 0.929. The second kappa shape index (κ2) is 7.10. The van der Waals surface area contributed by atoms with Crippen LogP contribution < -0.4 is 5.32 Å². The first-order valence-electron chi connectivity index (χ1n) is 7.17. The Morgan fingerprint density at radius 2 is 2.21 bits per heavy atom. The van der Waals surface area contributed by atoms with E-state index in [9.17, 15) is 4.79 Å². The summed E-state index contributed by atoms with van der Waals surface area (Å²) in [6.45, 7) is 9.43. The lowest BCUT2D eigenvalue weighted by Gasteiger charge is -2.29. The van der Waals surface area contributed by atoms with Crippen molar-refractivity contribution in [3.8, 4) is 0 Å². The average molecular weight is 272 g/mol. The van der Waals surface area contributed by atoms with Crippen LogP contribution in [0.5, 0.6) is 0 Å². The van der Waals surface area contributed by atoms with E-state index in [0.717, 1.165) is 32.4 Å². The van der Waals surface area contributed by atoms with Gasteiger partial charge in [-0.15, -0.1) is 0 Å². The van der Waals surface area contributed by atoms with Gasteiger partial charge in [0.1, 0.15) is 5.60 Å². The molecular weight excluding hydrogens is 244 g/mol. The molecule has 2 atom stereocenters. The topological polar surface area (TPSA) is 61.8 Å². The van der Waals surface area contributed by atoms with Gasteiger partial charge in [-0.3, -0.25) is 0 Å². The van der Waals surface area contributed by atoms with E-state index in [-0.39, 0.29) is 24.8 Å². The van der Waals surface area contributed by atoms with Gasteiger partial charge < -0.3 is 20.1 Å². The number of amides is 1. The van der Waals surface area contributed by atoms with Crippen LogP contribution in [0.1, 0.15) is 47.0 Å². The molecule has 1 fully saturated rings. The molecule has 1 amide bonds. The molecule has 5 heteroatoms. The van der Waals surface area contributed by atoms with Crippen LogP contribution in [0.4, 0.5) is 4.79 Å². The molecule has 0 bridgehead atoms. The van der Waals surface area contributed by atoms with Crippen molar-refractivity contribution >= 4 is 6.09 Å². The van der Waals surface area contributed by atoms with E-state index < -0.39 is 5.60 Å². The lowest BCUT2D eigenvalue weighted by Crippen LogP contribution is -2.45. The average Bonchev–Trinajstić information content (AvgIpc) is 2.72. The summed E-state index contributed by atoms with van der Waals surface area (Å²) in [5.41, 5.74) is -0.443. The third-order valence-electron chi connectivity index (χ3n) is 3.27. The summed E-state index contributed by atoms with van der Waals surface area (Å²) in [6, 6.07) is 0.474. The number of hydrogen-bond acceptors (Lipinski definition) is 4. The van der Waals surface area contributed by atoms with Crippen LogP contribution in [0.15, 0.2) is 0 Å². The second-order valence-electron chi connectivity index (χ2n) is 6.29. The van der Waals surface area contributed by atoms with Gasteiger partial charge in [-0.05, 0) is 47.0 Å². The number of aliphatic hydroxyl groups excluding tert-OH is 1. The highest BCUT2D eigenvalue weighted by atomic mass is 16.6. The Kier molecular flexibility index (Phi) is 6.07. The second-order valence-corrected chi connectivity index (χ2v) is 6.29. The van der Waals surface area contributed by atoms with E-state index in [1.165, 1.54) is 0 Å². The maximum Gasteiger partial charge on any atom is 0.410 e. The van der Waals surface area contributed by atoms with Gasteiger partial charge in [-0.1, -0.05) is 0 Å². The number of hydrogen-bond donors (Lipinski definition) is 2. The summed E-state index contributed by atoms with van der Waals surface area (Å²) in [4.78, 5) is 13.9. The molecular formula is C14H28N2O3. The highest BCUT2D eigenvalue weighted by molar-refractivity contribution is 5.69. The van der Waals surface area contributed by atoms with Crippen molar-refractivity contribution in [1.82, 2.24) is 10.2 Å². The lowest BCUT2D eigenvalue weighted by atomic mass is 10.2. The fourth-order valence-electron chi connectivity index (χ4n) is 2.24. The molecule has 112 valence electrons. The first-order chi connectivity index (χ1) is 8.83. The van der Waals surface area contributed by atoms with E-state index >= 15 is 0 Å². The molecule has 0 saturated carbocycles. The zero-order valence-electron chi connectivity index (χ0n) is 12.6. The van der Waals surface area contributed by atoms with Gasteiger partial charge in [0.25, 0.3) is 0 Å². The quantitative estimate of drug-likeness (QED) is 0.800. The summed E-state index contributed by atoms with van der Waals surface area (Å²) in [5.74, 6) is 0. The number of carbonyl (C=O) groups is 1. The van der Waals surface area contributed by atoms with Gasteiger partial charge in [0, 0.05) is 31.8 Å². The van der Waals surface area contributed by atoms with Gasteiger partial charge in [-0.25, -0.2) is 4.79 Å². The predicted octanol–water partition coefficient (Wildman–Crippen LogP) is 1.75. The van der Waals surface area contributed by atoms with Gasteiger partial charge in [-0.2, -0.15) is 0 Å². The summed E-state index contributed by atoms with van der Waals surface area (Å²) in [6.07, 6.45) is 2.56. The lowest BCUT2D eigenvalue weighted by molar-refractivity contribution is 0.0224. The van der Waals surface area contributed by atoms with Crippen molar-refractivity contribution in [1.29, 1.82) is 0 Å². The highest BCUT2D eigenvalue weighted by Gasteiger charge is 2.31. The van der Waals surface area contributed by atoms with Crippen LogP contribution in [0.3, 0.4) is 0 Å². The number of aliphatic hydroxyl groups is 1. The Balaban J connectivity index is 2.43. The number of nitrogens with zero attached hydrogens (tertiary/aromatic N) is 1. The van der Waals surface area contributed by atoms with Crippen molar-refractivity contribution in [2.24, 2.45) is 0 Å². The van der Waals surface area contributed by atoms with Crippen molar-refractivity contribution < 1.29 is 14.6 Å². The van der Waals surface area contributed by atoms with E-state index in [2.05, 4.69) is 5.32 Å². The van der Waals surface area contributed by atoms with Crippen LogP contribution in [0.25, 0.3) is 0 Å². The number of rotatable bonds is 5. The Hall–Kier alpha value is -0.810. The van der Waals surface area contributed by atoms with Crippen molar-refractivity contribution in [2.45, 2.75) is 64.6 Å². The zero-order chi connectivity index (χ0) is 14.5. The minimum absolute atomic E-state index is 0.189. The third kappa shape index (κ3) is 5.78. The molecule has 1 saturated heterocycles. The Morgan fingerprint density at radius 3 is 2.79 bits per heavy atom. The molecule has 0 aromatic heterocycles. The normalized spacial score (nSPS) is 21.5. The van der Waals surface area contributed by atoms with Gasteiger partial charge >= 0.3 is 6.09 Å². The number of nitrogens with one attached hydrogen (secondary N) is 1. The molecule has 2 N–H and O–H groups in total. The fourth-order valence-corrected chi connectivity index (χ4v) is 2.24. The van der Waals surface area contributed by atoms with E-state index in [1.807, 2.05) is 32.6 Å². The Morgan fingerprint density at radius 1 is 1.53 bits per heavy atom. The summed E-state index contributed by atoms with van der Waals surface area (Å²) < 4.78 is 5.43. The van der Waals surface area contributed by atoms with Gasteiger partial charge in [0.15, 0.2) is 0 Å². The summed E-state index contributed by atoms with van der Waals surface area (Å²) >= 11 is 0. The van der Waals surface area contributed by atoms with E-state index in [1.54, 1.807) is 0 Å². The van der Waals surface area contributed by atoms with Crippen LogP contribution in [0, 0.1) is 0 Å². The van der Waals surface area contributed by atoms with E-state index in [0.29, 0.717) is 0 Å². The van der Waals surface area contributed by atoms with Crippen LogP contribution in [-0.2, 0) is 4.74 Å². The standard InChI is InChI=1S/C14H28N2O3/c1-11(7-9-17)15-10-12-6-5-8-16(12)13(18)19-14(2,3)4/h11-12,15,17H,5-10H2,1-4H3. The Bertz CT molecular complexity index is 289. The largest absolute Gasteiger partial charge is 0.444 e. The maximum atomic E-state index is 12.1. The van der Waals surface area contributed by atoms with Crippen molar-refractivity contribution in [3.05, 3.63) is 0 Å². The molecule has 1 rings (SSSR count). The number of ether oxygens (including phenoxy) is 1. The van der Waals surface area contributed by atoms with E-state index in [4.69, 9.17) is 9.84 Å². The molecule has 0 radical (unpaired) electrons. The van der Waals surface area contributed by atoms with Crippen molar-refractivity contribution in [3.63, 3.8) is 0 Å². The third-order valence-corrected chi connectivity index (χ3v) is 3.27. The zero-order valence-corrected chi connectivity index (χ0v) is 12.6. The van der Waals surface area contributed by atoms with Gasteiger partial charge in [0.05, 0.1) is 0 Å². The van der Waals surface area contributed by atoms with Crippen LogP contribution in [0.2, 0.25) is 0 Å². The highest BCUT2D eigenvalue weighted by Crippen LogP contribution is 2.20. The molecule has 0 aromatic carbocycles. The molecule has 1 aliphatic rings. The van der Waals surface area contributed by atoms with Gasteiger partial charge in [0.2, 0.25) is 0 Å². The molecule has 1 aliphatic heterocycles. The maximum absolute atomic E-state index is 12.1. The molecule has 0 aliphatic carbocycles. The molecule has 0 spiro atoms. The Labute approximate surface area is 116 Å². The minimum Gasteiger partial charge on any atom is -0.444 e. The smallest absolute Gasteiger partial charge is 0.410 e. The van der Waals surface area contributed by atoms with Crippen molar-refractivity contribution in [2.75, 3.05) is 19.7 Å².